The van der Waals surface area contributed by atoms with E-state index in [0.717, 1.165) is 5.56 Å². The third-order valence-corrected chi connectivity index (χ3v) is 6.84. The minimum Gasteiger partial charge on any atom is -0.507 e. The lowest BCUT2D eigenvalue weighted by Gasteiger charge is -2.52. The Bertz CT molecular complexity index is 1140. The molecule has 0 aromatic heterocycles. The van der Waals surface area contributed by atoms with Gasteiger partial charge in [-0.25, -0.2) is 4.79 Å². The summed E-state index contributed by atoms with van der Waals surface area (Å²) in [7, 11) is 1.53. The van der Waals surface area contributed by atoms with Gasteiger partial charge in [-0.2, -0.15) is 0 Å². The zero-order valence-electron chi connectivity index (χ0n) is 17.4. The van der Waals surface area contributed by atoms with E-state index in [-0.39, 0.29) is 46.7 Å². The van der Waals surface area contributed by atoms with Gasteiger partial charge in [-0.05, 0) is 36.5 Å². The van der Waals surface area contributed by atoms with Crippen molar-refractivity contribution in [1.29, 1.82) is 0 Å². The molecule has 6 rings (SSSR count). The highest BCUT2D eigenvalue weighted by Gasteiger charge is 2.60. The zero-order valence-corrected chi connectivity index (χ0v) is 17.4. The molecule has 2 bridgehead atoms. The van der Waals surface area contributed by atoms with Crippen molar-refractivity contribution in [1.82, 2.24) is 0 Å². The second-order valence-electron chi connectivity index (χ2n) is 8.41. The summed E-state index contributed by atoms with van der Waals surface area (Å²) in [5.41, 5.74) is -0.287. The Balaban J connectivity index is 1.48. The number of Topliss-reactive ketones (excluding diaryl/α,β-unsaturated/α-hetero) is 2. The predicted molar refractivity (Wildman–Crippen MR) is 113 cm³/mol. The van der Waals surface area contributed by atoms with Crippen LogP contribution in [-0.4, -0.2) is 35.5 Å². The van der Waals surface area contributed by atoms with Gasteiger partial charge >= 0.3 is 6.16 Å². The van der Waals surface area contributed by atoms with Gasteiger partial charge in [0.1, 0.15) is 18.1 Å². The van der Waals surface area contributed by atoms with Crippen LogP contribution < -0.4 is 4.74 Å². The fourth-order valence-electron chi connectivity index (χ4n) is 5.31. The molecule has 7 nitrogen and oxygen atoms in total. The lowest BCUT2D eigenvalue weighted by atomic mass is 9.53. The number of carbonyl (C=O) groups excluding carboxylic acids is 3. The molecule has 2 aromatic rings. The van der Waals surface area contributed by atoms with Gasteiger partial charge < -0.3 is 19.3 Å². The second-order valence-corrected chi connectivity index (χ2v) is 8.41. The highest BCUT2D eigenvalue weighted by atomic mass is 16.7. The van der Waals surface area contributed by atoms with Crippen molar-refractivity contribution in [3.05, 3.63) is 71.3 Å². The Labute approximate surface area is 184 Å². The van der Waals surface area contributed by atoms with Crippen molar-refractivity contribution in [2.24, 2.45) is 17.8 Å². The van der Waals surface area contributed by atoms with Gasteiger partial charge in [0, 0.05) is 13.0 Å². The number of hydrogen-bond acceptors (Lipinski definition) is 7. The lowest BCUT2D eigenvalue weighted by molar-refractivity contribution is -0.0693. The molecule has 4 aliphatic rings. The van der Waals surface area contributed by atoms with E-state index in [9.17, 15) is 19.5 Å². The fraction of sp³-hybridized carbons (Fsp3) is 0.320. The Morgan fingerprint density at radius 2 is 1.88 bits per heavy atom. The maximum atomic E-state index is 13.6. The first-order chi connectivity index (χ1) is 15.4. The Kier molecular flexibility index (Phi) is 4.86. The van der Waals surface area contributed by atoms with E-state index in [1.165, 1.54) is 19.2 Å². The summed E-state index contributed by atoms with van der Waals surface area (Å²) in [6.45, 7) is 0.000745. The summed E-state index contributed by atoms with van der Waals surface area (Å²) < 4.78 is 16.2. The van der Waals surface area contributed by atoms with Crippen LogP contribution in [0.1, 0.15) is 39.1 Å². The highest BCUT2D eigenvalue weighted by molar-refractivity contribution is 6.19. The van der Waals surface area contributed by atoms with Gasteiger partial charge in [0.2, 0.25) is 0 Å². The number of hydrogen-bond donors (Lipinski definition) is 1. The van der Waals surface area contributed by atoms with Crippen molar-refractivity contribution in [2.45, 2.75) is 25.0 Å². The molecule has 0 saturated heterocycles. The molecule has 164 valence electrons. The Morgan fingerprint density at radius 1 is 1.09 bits per heavy atom. The number of aromatic hydroxyl groups is 1. The minimum atomic E-state index is -0.998. The molecule has 1 N–H and O–H groups in total. The van der Waals surface area contributed by atoms with Gasteiger partial charge in [-0.3, -0.25) is 9.59 Å². The zero-order chi connectivity index (χ0) is 22.5. The predicted octanol–water partition coefficient (Wildman–Crippen LogP) is 4.08. The van der Waals surface area contributed by atoms with E-state index in [4.69, 9.17) is 14.2 Å². The fourth-order valence-corrected chi connectivity index (χ4v) is 5.31. The van der Waals surface area contributed by atoms with Crippen LogP contribution >= 0.6 is 0 Å². The molecule has 1 saturated carbocycles. The molecular formula is C25H22O7. The standard InChI is InChI=1S/C25H22O7/c1-30-25-11-9-15(10-12-25)18-21(25)23(28)19-16(26)7-8-17(20(19)22(18)27)32-24(29)31-13-14-5-3-2-4-6-14/h2-9,11,15,18,21,26H,10,12-13H2,1H3/t15-,18-,21-,25-/m1/s1. The van der Waals surface area contributed by atoms with Gasteiger partial charge in [0.15, 0.2) is 11.6 Å². The summed E-state index contributed by atoms with van der Waals surface area (Å²) in [6, 6.07) is 11.7. The average molecular weight is 434 g/mol. The molecule has 0 aliphatic heterocycles. The van der Waals surface area contributed by atoms with Crippen molar-refractivity contribution in [3.8, 4) is 11.5 Å². The first kappa shape index (κ1) is 20.5. The van der Waals surface area contributed by atoms with E-state index in [1.54, 1.807) is 12.1 Å². The normalized spacial score (nSPS) is 27.6. The monoisotopic (exact) mass is 434 g/mol. The number of ether oxygens (including phenoxy) is 3. The molecule has 2 aromatic carbocycles. The molecule has 1 fully saturated rings. The van der Waals surface area contributed by atoms with E-state index in [2.05, 4.69) is 0 Å². The minimum absolute atomic E-state index is 0.000745. The second kappa shape index (κ2) is 7.60. The van der Waals surface area contributed by atoms with Crippen LogP contribution in [0, 0.1) is 17.8 Å². The largest absolute Gasteiger partial charge is 0.514 e. The van der Waals surface area contributed by atoms with Crippen LogP contribution in [0.25, 0.3) is 0 Å². The lowest BCUT2D eigenvalue weighted by Crippen LogP contribution is -2.58. The molecule has 0 unspecified atom stereocenters. The third kappa shape index (κ3) is 3.04. The number of methoxy groups -OCH3 is 1. The third-order valence-electron chi connectivity index (χ3n) is 6.84. The van der Waals surface area contributed by atoms with Crippen LogP contribution in [0.4, 0.5) is 4.79 Å². The quantitative estimate of drug-likeness (QED) is 0.440. The number of allylic oxidation sites excluding steroid dienone is 1. The average Bonchev–Trinajstić information content (AvgIpc) is 2.83. The van der Waals surface area contributed by atoms with Gasteiger partial charge in [-0.15, -0.1) is 0 Å². The summed E-state index contributed by atoms with van der Waals surface area (Å²) in [5.74, 6) is -2.58. The molecule has 7 heteroatoms. The van der Waals surface area contributed by atoms with Crippen LogP contribution in [0.5, 0.6) is 11.5 Å². The van der Waals surface area contributed by atoms with E-state index < -0.39 is 23.6 Å². The molecule has 32 heavy (non-hydrogen) atoms. The summed E-state index contributed by atoms with van der Waals surface area (Å²) in [4.78, 5) is 39.4. The van der Waals surface area contributed by atoms with E-state index >= 15 is 0 Å². The van der Waals surface area contributed by atoms with E-state index in [0.29, 0.717) is 12.8 Å². The first-order valence-electron chi connectivity index (χ1n) is 10.5. The highest BCUT2D eigenvalue weighted by Crippen LogP contribution is 2.55. The molecule has 0 radical (unpaired) electrons. The van der Waals surface area contributed by atoms with Crippen molar-refractivity contribution in [2.75, 3.05) is 7.11 Å². The summed E-state index contributed by atoms with van der Waals surface area (Å²) >= 11 is 0. The van der Waals surface area contributed by atoms with Crippen LogP contribution in [0.3, 0.4) is 0 Å². The summed E-state index contributed by atoms with van der Waals surface area (Å²) in [6.07, 6.45) is 4.15. The summed E-state index contributed by atoms with van der Waals surface area (Å²) in [5, 5.41) is 10.5. The van der Waals surface area contributed by atoms with Gasteiger partial charge in [0.25, 0.3) is 0 Å². The number of phenols is 1. The maximum Gasteiger partial charge on any atom is 0.514 e. The van der Waals surface area contributed by atoms with E-state index in [1.807, 2.05) is 30.4 Å². The van der Waals surface area contributed by atoms with Crippen molar-refractivity contribution in [3.63, 3.8) is 0 Å². The number of rotatable bonds is 4. The Morgan fingerprint density at radius 3 is 2.56 bits per heavy atom. The number of benzene rings is 2. The number of fused-ring (bicyclic) bond motifs is 2. The number of carbonyl (C=O) groups is 3. The van der Waals surface area contributed by atoms with Crippen molar-refractivity contribution >= 4 is 17.7 Å². The topological polar surface area (TPSA) is 99.1 Å². The van der Waals surface area contributed by atoms with Crippen LogP contribution in [0.2, 0.25) is 0 Å². The molecular weight excluding hydrogens is 412 g/mol. The van der Waals surface area contributed by atoms with Crippen LogP contribution in [-0.2, 0) is 16.1 Å². The first-order valence-corrected chi connectivity index (χ1v) is 10.5. The van der Waals surface area contributed by atoms with Gasteiger partial charge in [-0.1, -0.05) is 42.5 Å². The molecule has 4 atom stereocenters. The molecule has 0 heterocycles. The van der Waals surface area contributed by atoms with Crippen LogP contribution in [0.15, 0.2) is 54.6 Å². The molecule has 4 aliphatic carbocycles. The van der Waals surface area contributed by atoms with Crippen molar-refractivity contribution < 1.29 is 33.7 Å². The molecule has 0 spiro atoms. The smallest absolute Gasteiger partial charge is 0.507 e. The Hall–Kier alpha value is -3.45. The SMILES string of the molecule is CO[C@]12C=C[C@H](CC1)[C@H]1C(=O)c3c(OC(=O)OCc4ccccc4)ccc(O)c3C(=O)[C@@H]12. The van der Waals surface area contributed by atoms with Gasteiger partial charge in [0.05, 0.1) is 22.6 Å². The number of ketones is 2. The number of phenolic OH excluding ortho intramolecular Hbond substituents is 1. The maximum absolute atomic E-state index is 13.6. The molecule has 0 amide bonds.